The van der Waals surface area contributed by atoms with Crippen molar-refractivity contribution in [3.63, 3.8) is 0 Å². The van der Waals surface area contributed by atoms with Crippen molar-refractivity contribution in [2.24, 2.45) is 0 Å². The van der Waals surface area contributed by atoms with Crippen LogP contribution in [0.25, 0.3) is 0 Å². The standard InChI is InChI=1S/C13H16FOP/c1-13(2,3)16(14)10-9-11-5-7-12(15-4)8-6-11/h5-8H,1-4H3. The fourth-order valence-corrected chi connectivity index (χ4v) is 1.52. The van der Waals surface area contributed by atoms with Gasteiger partial charge in [0.15, 0.2) is 8.23 Å². The van der Waals surface area contributed by atoms with Crippen LogP contribution < -0.4 is 4.74 Å². The molecule has 0 saturated heterocycles. The molecule has 0 aromatic heterocycles. The topological polar surface area (TPSA) is 9.23 Å². The monoisotopic (exact) mass is 238 g/mol. The smallest absolute Gasteiger partial charge is 0.164 e. The predicted octanol–water partition coefficient (Wildman–Crippen LogP) is 4.17. The molecule has 1 nitrogen and oxygen atoms in total. The Bertz CT molecular complexity index is 395. The van der Waals surface area contributed by atoms with Crippen LogP contribution in [0.5, 0.6) is 5.75 Å². The van der Waals surface area contributed by atoms with Gasteiger partial charge in [-0.1, -0.05) is 26.7 Å². The molecule has 0 bridgehead atoms. The van der Waals surface area contributed by atoms with Gasteiger partial charge in [-0.25, -0.2) is 4.20 Å². The van der Waals surface area contributed by atoms with Crippen molar-refractivity contribution in [2.75, 3.05) is 7.11 Å². The van der Waals surface area contributed by atoms with Crippen molar-refractivity contribution in [2.45, 2.75) is 25.9 Å². The Morgan fingerprint density at radius 1 is 1.19 bits per heavy atom. The average Bonchev–Trinajstić information content (AvgIpc) is 2.25. The molecular weight excluding hydrogens is 222 g/mol. The molecule has 1 rings (SSSR count). The van der Waals surface area contributed by atoms with E-state index in [9.17, 15) is 4.20 Å². The quantitative estimate of drug-likeness (QED) is 0.527. The van der Waals surface area contributed by atoms with Crippen molar-refractivity contribution >= 4 is 8.23 Å². The molecule has 0 N–H and O–H groups in total. The lowest BCUT2D eigenvalue weighted by Crippen LogP contribution is -2.07. The highest BCUT2D eigenvalue weighted by molar-refractivity contribution is 7.59. The van der Waals surface area contributed by atoms with Gasteiger partial charge in [-0.15, -0.1) is 0 Å². The number of benzene rings is 1. The van der Waals surface area contributed by atoms with E-state index in [0.717, 1.165) is 11.3 Å². The van der Waals surface area contributed by atoms with Gasteiger partial charge in [-0.05, 0) is 29.9 Å². The first-order valence-corrected chi connectivity index (χ1v) is 6.28. The zero-order valence-corrected chi connectivity index (χ0v) is 10.9. The van der Waals surface area contributed by atoms with Crippen LogP contribution in [0.2, 0.25) is 0 Å². The highest BCUT2D eigenvalue weighted by Gasteiger charge is 2.22. The fraction of sp³-hybridized carbons (Fsp3) is 0.385. The summed E-state index contributed by atoms with van der Waals surface area (Å²) in [6.07, 6.45) is 0. The molecule has 0 spiro atoms. The van der Waals surface area contributed by atoms with E-state index in [1.165, 1.54) is 0 Å². The number of halogens is 1. The molecule has 16 heavy (non-hydrogen) atoms. The van der Waals surface area contributed by atoms with E-state index in [2.05, 4.69) is 11.6 Å². The van der Waals surface area contributed by atoms with Gasteiger partial charge in [-0.3, -0.25) is 0 Å². The van der Waals surface area contributed by atoms with Gasteiger partial charge in [0.2, 0.25) is 0 Å². The Hall–Kier alpha value is -1.06. The van der Waals surface area contributed by atoms with E-state index < -0.39 is 8.23 Å². The Balaban J connectivity index is 2.77. The number of methoxy groups -OCH3 is 1. The van der Waals surface area contributed by atoms with E-state index in [1.807, 2.05) is 45.0 Å². The number of hydrogen-bond acceptors (Lipinski definition) is 1. The van der Waals surface area contributed by atoms with E-state index in [-0.39, 0.29) is 5.16 Å². The maximum atomic E-state index is 13.6. The predicted molar refractivity (Wildman–Crippen MR) is 67.7 cm³/mol. The van der Waals surface area contributed by atoms with Crippen LogP contribution >= 0.6 is 8.23 Å². The lowest BCUT2D eigenvalue weighted by Gasteiger charge is -2.17. The highest BCUT2D eigenvalue weighted by atomic mass is 31.2. The number of hydrogen-bond donors (Lipinski definition) is 0. The molecule has 0 aliphatic heterocycles. The molecule has 0 radical (unpaired) electrons. The van der Waals surface area contributed by atoms with Gasteiger partial charge in [0.1, 0.15) is 5.75 Å². The van der Waals surface area contributed by atoms with Crippen LogP contribution in [0.3, 0.4) is 0 Å². The second kappa shape index (κ2) is 5.32. The summed E-state index contributed by atoms with van der Waals surface area (Å²) >= 11 is 0. The normalized spacial score (nSPS) is 12.6. The lowest BCUT2D eigenvalue weighted by atomic mass is 10.2. The zero-order chi connectivity index (χ0) is 12.2. The first-order chi connectivity index (χ1) is 7.43. The Morgan fingerprint density at radius 3 is 2.19 bits per heavy atom. The first-order valence-electron chi connectivity index (χ1n) is 5.05. The maximum absolute atomic E-state index is 13.6. The summed E-state index contributed by atoms with van der Waals surface area (Å²) in [5.41, 5.74) is 3.50. The van der Waals surface area contributed by atoms with E-state index >= 15 is 0 Å². The third-order valence-electron chi connectivity index (χ3n) is 1.98. The molecule has 86 valence electrons. The summed E-state index contributed by atoms with van der Waals surface area (Å²) in [4.78, 5) is 0. The van der Waals surface area contributed by atoms with Crippen LogP contribution in [-0.2, 0) is 0 Å². The van der Waals surface area contributed by atoms with Crippen LogP contribution in [0, 0.1) is 11.6 Å². The van der Waals surface area contributed by atoms with Crippen LogP contribution in [0.15, 0.2) is 24.3 Å². The molecular formula is C13H16FOP. The number of ether oxygens (including phenoxy) is 1. The van der Waals surface area contributed by atoms with Crippen molar-refractivity contribution in [1.82, 2.24) is 0 Å². The molecule has 0 saturated carbocycles. The van der Waals surface area contributed by atoms with Gasteiger partial charge >= 0.3 is 0 Å². The van der Waals surface area contributed by atoms with Gasteiger partial charge in [0.25, 0.3) is 0 Å². The molecule has 0 fully saturated rings. The zero-order valence-electron chi connectivity index (χ0n) is 10.0. The Kier molecular flexibility index (Phi) is 4.33. The average molecular weight is 238 g/mol. The summed E-state index contributed by atoms with van der Waals surface area (Å²) in [7, 11) is -0.137. The Labute approximate surface area is 97.9 Å². The maximum Gasteiger partial charge on any atom is 0.164 e. The largest absolute Gasteiger partial charge is 0.497 e. The van der Waals surface area contributed by atoms with Gasteiger partial charge in [0.05, 0.1) is 7.11 Å². The molecule has 0 aliphatic rings. The van der Waals surface area contributed by atoms with E-state index in [4.69, 9.17) is 4.74 Å². The van der Waals surface area contributed by atoms with E-state index in [1.54, 1.807) is 7.11 Å². The van der Waals surface area contributed by atoms with Gasteiger partial charge in [0, 0.05) is 10.7 Å². The third kappa shape index (κ3) is 3.83. The van der Waals surface area contributed by atoms with E-state index in [0.29, 0.717) is 0 Å². The summed E-state index contributed by atoms with van der Waals surface area (Å²) in [5.74, 6) is 3.63. The minimum atomic E-state index is -1.75. The fourth-order valence-electron chi connectivity index (χ4n) is 0.956. The summed E-state index contributed by atoms with van der Waals surface area (Å²) in [6, 6.07) is 7.30. The molecule has 0 amide bonds. The summed E-state index contributed by atoms with van der Waals surface area (Å²) in [5, 5.41) is -0.366. The van der Waals surface area contributed by atoms with Gasteiger partial charge in [-0.2, -0.15) is 0 Å². The van der Waals surface area contributed by atoms with Crippen LogP contribution in [0.4, 0.5) is 4.20 Å². The number of rotatable bonds is 1. The SMILES string of the molecule is COc1ccc(C#CP(F)C(C)(C)C)cc1. The first kappa shape index (κ1) is 13.0. The summed E-state index contributed by atoms with van der Waals surface area (Å²) < 4.78 is 18.6. The highest BCUT2D eigenvalue weighted by Crippen LogP contribution is 2.49. The molecule has 1 unspecified atom stereocenters. The summed E-state index contributed by atoms with van der Waals surface area (Å²) in [6.45, 7) is 5.59. The lowest BCUT2D eigenvalue weighted by molar-refractivity contribution is 0.415. The van der Waals surface area contributed by atoms with Crippen molar-refractivity contribution in [3.05, 3.63) is 29.8 Å². The van der Waals surface area contributed by atoms with Crippen molar-refractivity contribution < 1.29 is 8.93 Å². The molecule has 0 heterocycles. The van der Waals surface area contributed by atoms with Crippen molar-refractivity contribution in [1.29, 1.82) is 0 Å². The second-order valence-corrected chi connectivity index (χ2v) is 6.54. The third-order valence-corrected chi connectivity index (χ3v) is 3.46. The minimum absolute atomic E-state index is 0.366. The van der Waals surface area contributed by atoms with Crippen LogP contribution in [0.1, 0.15) is 26.3 Å². The minimum Gasteiger partial charge on any atom is -0.497 e. The van der Waals surface area contributed by atoms with Crippen molar-refractivity contribution in [3.8, 4) is 17.3 Å². The molecule has 3 heteroatoms. The van der Waals surface area contributed by atoms with Gasteiger partial charge < -0.3 is 4.74 Å². The molecule has 1 atom stereocenters. The second-order valence-electron chi connectivity index (χ2n) is 4.42. The molecule has 1 aromatic rings. The Morgan fingerprint density at radius 2 is 1.75 bits per heavy atom. The van der Waals surface area contributed by atoms with Crippen LogP contribution in [-0.4, -0.2) is 12.3 Å². The molecule has 1 aromatic carbocycles. The molecule has 0 aliphatic carbocycles.